The summed E-state index contributed by atoms with van der Waals surface area (Å²) in [6, 6.07) is 0.436. The molecule has 0 aliphatic heterocycles. The lowest BCUT2D eigenvalue weighted by atomic mass is 10.1. The van der Waals surface area contributed by atoms with E-state index < -0.39 is 0 Å². The maximum Gasteiger partial charge on any atom is 0.0641 e. The zero-order valence-electron chi connectivity index (χ0n) is 10.7. The molecule has 1 heterocycles. The van der Waals surface area contributed by atoms with Crippen LogP contribution in [0.15, 0.2) is 0 Å². The first-order valence-corrected chi connectivity index (χ1v) is 5.89. The molecule has 0 aliphatic carbocycles. The zero-order valence-corrected chi connectivity index (χ0v) is 10.7. The van der Waals surface area contributed by atoms with E-state index in [4.69, 9.17) is 5.11 Å². The van der Waals surface area contributed by atoms with E-state index in [9.17, 15) is 0 Å². The molecule has 92 valence electrons. The molecule has 1 rings (SSSR count). The SMILES string of the molecule is Cc1nn(C)c(C)c1CNC(C)CCCO. The van der Waals surface area contributed by atoms with E-state index in [-0.39, 0.29) is 6.61 Å². The van der Waals surface area contributed by atoms with Crippen LogP contribution in [0.5, 0.6) is 0 Å². The van der Waals surface area contributed by atoms with Gasteiger partial charge in [-0.1, -0.05) is 0 Å². The molecule has 0 fully saturated rings. The maximum atomic E-state index is 8.75. The summed E-state index contributed by atoms with van der Waals surface area (Å²) in [5.74, 6) is 0. The van der Waals surface area contributed by atoms with Crippen LogP contribution in [0.4, 0.5) is 0 Å². The highest BCUT2D eigenvalue weighted by Gasteiger charge is 2.10. The summed E-state index contributed by atoms with van der Waals surface area (Å²) < 4.78 is 1.92. The Morgan fingerprint density at radius 1 is 1.44 bits per heavy atom. The lowest BCUT2D eigenvalue weighted by molar-refractivity contribution is 0.276. The molecule has 1 atom stereocenters. The summed E-state index contributed by atoms with van der Waals surface area (Å²) in [5.41, 5.74) is 3.61. The monoisotopic (exact) mass is 225 g/mol. The third-order valence-corrected chi connectivity index (χ3v) is 3.08. The van der Waals surface area contributed by atoms with E-state index in [2.05, 4.69) is 24.3 Å². The molecule has 4 nitrogen and oxygen atoms in total. The topological polar surface area (TPSA) is 50.1 Å². The summed E-state index contributed by atoms with van der Waals surface area (Å²) in [5, 5.41) is 16.6. The van der Waals surface area contributed by atoms with Crippen molar-refractivity contribution in [1.82, 2.24) is 15.1 Å². The number of aromatic nitrogens is 2. The first kappa shape index (κ1) is 13.2. The van der Waals surface area contributed by atoms with Gasteiger partial charge in [0.1, 0.15) is 0 Å². The largest absolute Gasteiger partial charge is 0.396 e. The third-order valence-electron chi connectivity index (χ3n) is 3.08. The fourth-order valence-corrected chi connectivity index (χ4v) is 1.85. The molecule has 0 bridgehead atoms. The van der Waals surface area contributed by atoms with Crippen LogP contribution in [-0.4, -0.2) is 27.5 Å². The van der Waals surface area contributed by atoms with E-state index in [1.807, 2.05) is 18.7 Å². The van der Waals surface area contributed by atoms with Gasteiger partial charge in [0.2, 0.25) is 0 Å². The number of nitrogens with zero attached hydrogens (tertiary/aromatic N) is 2. The van der Waals surface area contributed by atoms with Crippen molar-refractivity contribution in [3.05, 3.63) is 17.0 Å². The van der Waals surface area contributed by atoms with Crippen LogP contribution in [0.2, 0.25) is 0 Å². The van der Waals surface area contributed by atoms with E-state index in [1.165, 1.54) is 11.3 Å². The second-order valence-corrected chi connectivity index (χ2v) is 4.42. The molecule has 1 unspecified atom stereocenters. The minimum absolute atomic E-state index is 0.275. The van der Waals surface area contributed by atoms with Gasteiger partial charge in [0.25, 0.3) is 0 Å². The normalized spacial score (nSPS) is 13.1. The van der Waals surface area contributed by atoms with Crippen molar-refractivity contribution in [3.63, 3.8) is 0 Å². The van der Waals surface area contributed by atoms with Gasteiger partial charge in [0.05, 0.1) is 5.69 Å². The van der Waals surface area contributed by atoms with Gasteiger partial charge in [-0.15, -0.1) is 0 Å². The molecule has 1 aromatic rings. The first-order chi connectivity index (χ1) is 7.56. The van der Waals surface area contributed by atoms with Crippen LogP contribution >= 0.6 is 0 Å². The lowest BCUT2D eigenvalue weighted by Gasteiger charge is -2.13. The Balaban J connectivity index is 2.48. The number of aliphatic hydroxyl groups is 1. The second-order valence-electron chi connectivity index (χ2n) is 4.42. The lowest BCUT2D eigenvalue weighted by Crippen LogP contribution is -2.26. The van der Waals surface area contributed by atoms with Crippen LogP contribution in [0, 0.1) is 13.8 Å². The Bertz CT molecular complexity index is 333. The Morgan fingerprint density at radius 2 is 2.12 bits per heavy atom. The minimum atomic E-state index is 0.275. The highest BCUT2D eigenvalue weighted by atomic mass is 16.2. The molecular weight excluding hydrogens is 202 g/mol. The van der Waals surface area contributed by atoms with Crippen molar-refractivity contribution in [2.45, 2.75) is 46.2 Å². The van der Waals surface area contributed by atoms with Gasteiger partial charge in [0.15, 0.2) is 0 Å². The second kappa shape index (κ2) is 6.01. The maximum absolute atomic E-state index is 8.75. The van der Waals surface area contributed by atoms with E-state index >= 15 is 0 Å². The molecule has 0 spiro atoms. The van der Waals surface area contributed by atoms with Gasteiger partial charge in [-0.2, -0.15) is 5.10 Å². The highest BCUT2D eigenvalue weighted by Crippen LogP contribution is 2.11. The molecule has 0 saturated carbocycles. The summed E-state index contributed by atoms with van der Waals surface area (Å²) in [6.45, 7) is 7.42. The van der Waals surface area contributed by atoms with Crippen LogP contribution in [-0.2, 0) is 13.6 Å². The Labute approximate surface area is 97.7 Å². The molecule has 1 aromatic heterocycles. The highest BCUT2D eigenvalue weighted by molar-refractivity contribution is 5.24. The van der Waals surface area contributed by atoms with Crippen LogP contribution < -0.4 is 5.32 Å². The predicted octanol–water partition coefficient (Wildman–Crippen LogP) is 1.29. The van der Waals surface area contributed by atoms with Gasteiger partial charge in [0, 0.05) is 37.5 Å². The molecule has 0 radical (unpaired) electrons. The molecule has 4 heteroatoms. The Morgan fingerprint density at radius 3 is 2.62 bits per heavy atom. The van der Waals surface area contributed by atoms with Gasteiger partial charge in [-0.05, 0) is 33.6 Å². The van der Waals surface area contributed by atoms with Gasteiger partial charge >= 0.3 is 0 Å². The number of aliphatic hydroxyl groups excluding tert-OH is 1. The Hall–Kier alpha value is -0.870. The smallest absolute Gasteiger partial charge is 0.0641 e. The summed E-state index contributed by atoms with van der Waals surface area (Å²) in [7, 11) is 1.97. The van der Waals surface area contributed by atoms with Crippen molar-refractivity contribution in [3.8, 4) is 0 Å². The third kappa shape index (κ3) is 3.32. The van der Waals surface area contributed by atoms with Crippen LogP contribution in [0.25, 0.3) is 0 Å². The number of nitrogens with one attached hydrogen (secondary N) is 1. The van der Waals surface area contributed by atoms with E-state index in [0.29, 0.717) is 6.04 Å². The quantitative estimate of drug-likeness (QED) is 0.767. The predicted molar refractivity (Wildman–Crippen MR) is 65.3 cm³/mol. The molecule has 16 heavy (non-hydrogen) atoms. The van der Waals surface area contributed by atoms with Crippen molar-refractivity contribution < 1.29 is 5.11 Å². The van der Waals surface area contributed by atoms with Crippen molar-refractivity contribution in [1.29, 1.82) is 0 Å². The Kier molecular flexibility index (Phi) is 4.96. The van der Waals surface area contributed by atoms with Crippen LogP contribution in [0.3, 0.4) is 0 Å². The van der Waals surface area contributed by atoms with Crippen molar-refractivity contribution in [2.75, 3.05) is 6.61 Å². The van der Waals surface area contributed by atoms with Gasteiger partial charge in [-0.25, -0.2) is 0 Å². The molecule has 2 N–H and O–H groups in total. The average molecular weight is 225 g/mol. The number of hydrogen-bond acceptors (Lipinski definition) is 3. The fourth-order valence-electron chi connectivity index (χ4n) is 1.85. The standard InChI is InChI=1S/C12H23N3O/c1-9(6-5-7-16)13-8-12-10(2)14-15(4)11(12)3/h9,13,16H,5-8H2,1-4H3. The molecule has 0 aliphatic rings. The average Bonchev–Trinajstić information content (AvgIpc) is 2.48. The fraction of sp³-hybridized carbons (Fsp3) is 0.750. The van der Waals surface area contributed by atoms with Gasteiger partial charge < -0.3 is 10.4 Å². The molecular formula is C12H23N3O. The molecule has 0 amide bonds. The van der Waals surface area contributed by atoms with Crippen molar-refractivity contribution >= 4 is 0 Å². The summed E-state index contributed by atoms with van der Waals surface area (Å²) in [6.07, 6.45) is 1.87. The summed E-state index contributed by atoms with van der Waals surface area (Å²) >= 11 is 0. The minimum Gasteiger partial charge on any atom is -0.396 e. The van der Waals surface area contributed by atoms with E-state index in [1.54, 1.807) is 0 Å². The first-order valence-electron chi connectivity index (χ1n) is 5.89. The molecule has 0 saturated heterocycles. The van der Waals surface area contributed by atoms with Gasteiger partial charge in [-0.3, -0.25) is 4.68 Å². The number of aryl methyl sites for hydroxylation is 2. The van der Waals surface area contributed by atoms with Crippen molar-refractivity contribution in [2.24, 2.45) is 7.05 Å². The van der Waals surface area contributed by atoms with Crippen LogP contribution in [0.1, 0.15) is 36.7 Å². The van der Waals surface area contributed by atoms with E-state index in [0.717, 1.165) is 25.1 Å². The zero-order chi connectivity index (χ0) is 12.1. The number of rotatable bonds is 6. The number of hydrogen-bond donors (Lipinski definition) is 2. The summed E-state index contributed by atoms with van der Waals surface area (Å²) in [4.78, 5) is 0. The molecule has 0 aromatic carbocycles.